The lowest BCUT2D eigenvalue weighted by Gasteiger charge is -2.31. The molecule has 0 heterocycles. The van der Waals surface area contributed by atoms with Crippen LogP contribution in [-0.4, -0.2) is 61.0 Å². The fourth-order valence-electron chi connectivity index (χ4n) is 2.56. The van der Waals surface area contributed by atoms with E-state index in [0.717, 1.165) is 17.0 Å². The number of esters is 1. The topological polar surface area (TPSA) is 85.4 Å². The Labute approximate surface area is 183 Å². The number of likely N-dealkylation sites (N-methyl/N-ethyl adjacent to an activating group) is 1. The number of ether oxygens (including phenoxy) is 3. The Hall–Kier alpha value is -2.84. The van der Waals surface area contributed by atoms with Gasteiger partial charge in [-0.3, -0.25) is 4.90 Å². The van der Waals surface area contributed by atoms with Gasteiger partial charge in [-0.15, -0.1) is 0 Å². The molecule has 174 valence electrons. The van der Waals surface area contributed by atoms with Crippen LogP contribution in [0.4, 0.5) is 19.7 Å². The highest BCUT2D eigenvalue weighted by molar-refractivity contribution is 6.00. The quantitative estimate of drug-likeness (QED) is 0.474. The maximum atomic E-state index is 14.0. The van der Waals surface area contributed by atoms with Crippen molar-refractivity contribution in [3.05, 3.63) is 29.6 Å². The lowest BCUT2D eigenvalue weighted by Crippen LogP contribution is -2.45. The third-order valence-corrected chi connectivity index (χ3v) is 3.90. The molecule has 8 nitrogen and oxygen atoms in total. The monoisotopic (exact) mass is 440 g/mol. The van der Waals surface area contributed by atoms with Crippen molar-refractivity contribution in [2.45, 2.75) is 59.7 Å². The minimum atomic E-state index is -0.830. The zero-order valence-electron chi connectivity index (χ0n) is 19.6. The van der Waals surface area contributed by atoms with E-state index in [1.807, 2.05) is 0 Å². The summed E-state index contributed by atoms with van der Waals surface area (Å²) in [6.07, 6.45) is -1.34. The van der Waals surface area contributed by atoms with Crippen molar-refractivity contribution in [1.29, 1.82) is 0 Å². The predicted molar refractivity (Wildman–Crippen MR) is 115 cm³/mol. The first-order valence-electron chi connectivity index (χ1n) is 10.0. The molecule has 0 fully saturated rings. The second kappa shape index (κ2) is 10.5. The first-order valence-corrected chi connectivity index (χ1v) is 10.0. The molecule has 0 aliphatic rings. The molecule has 0 spiro atoms. The molecular formula is C22H33FN2O6. The summed E-state index contributed by atoms with van der Waals surface area (Å²) < 4.78 is 29.6. The summed E-state index contributed by atoms with van der Waals surface area (Å²) in [6, 6.07) is 3.39. The number of hydrogen-bond donors (Lipinski definition) is 0. The molecule has 0 saturated carbocycles. The minimum Gasteiger partial charge on any atom is -0.465 e. The van der Waals surface area contributed by atoms with Crippen LogP contribution in [0.3, 0.4) is 0 Å². The van der Waals surface area contributed by atoms with Crippen molar-refractivity contribution in [3.63, 3.8) is 0 Å². The van der Waals surface area contributed by atoms with E-state index in [9.17, 15) is 18.8 Å². The van der Waals surface area contributed by atoms with Gasteiger partial charge in [0, 0.05) is 19.6 Å². The molecule has 0 saturated heterocycles. The van der Waals surface area contributed by atoms with Gasteiger partial charge in [0.2, 0.25) is 0 Å². The first-order chi connectivity index (χ1) is 14.2. The van der Waals surface area contributed by atoms with Crippen molar-refractivity contribution >= 4 is 23.8 Å². The van der Waals surface area contributed by atoms with Gasteiger partial charge in [0.05, 0.1) is 18.4 Å². The van der Waals surface area contributed by atoms with E-state index in [-0.39, 0.29) is 24.3 Å². The molecule has 1 aromatic carbocycles. The van der Waals surface area contributed by atoms with E-state index >= 15 is 0 Å². The summed E-state index contributed by atoms with van der Waals surface area (Å²) in [7, 11) is 1.19. The van der Waals surface area contributed by atoms with Gasteiger partial charge in [0.1, 0.15) is 17.0 Å². The van der Waals surface area contributed by atoms with Crippen molar-refractivity contribution in [3.8, 4) is 0 Å². The van der Waals surface area contributed by atoms with Crippen LogP contribution in [0, 0.1) is 5.82 Å². The van der Waals surface area contributed by atoms with Gasteiger partial charge >= 0.3 is 18.2 Å². The highest BCUT2D eigenvalue weighted by atomic mass is 19.1. The normalized spacial score (nSPS) is 11.5. The molecule has 0 unspecified atom stereocenters. The average Bonchev–Trinajstić information content (AvgIpc) is 2.61. The molecule has 0 N–H and O–H groups in total. The summed E-state index contributed by atoms with van der Waals surface area (Å²) in [5.41, 5.74) is -1.53. The zero-order valence-corrected chi connectivity index (χ0v) is 19.6. The van der Waals surface area contributed by atoms with Crippen LogP contribution >= 0.6 is 0 Å². The Morgan fingerprint density at radius 2 is 1.48 bits per heavy atom. The lowest BCUT2D eigenvalue weighted by atomic mass is 10.1. The van der Waals surface area contributed by atoms with Crippen LogP contribution < -0.4 is 4.90 Å². The molecule has 0 bridgehead atoms. The number of nitrogens with zero attached hydrogens (tertiary/aromatic N) is 2. The standard InChI is InChI=1S/C22H33FN2O6/c1-9-24(19(27)30-21(2,3)4)12-13-25(20(28)31-22(5,6)7)17-14-15(23)10-11-16(17)18(26)29-8/h10-11,14H,9,12-13H2,1-8H3. The number of anilines is 1. The molecule has 0 aromatic heterocycles. The minimum absolute atomic E-state index is 0.00456. The number of methoxy groups -OCH3 is 1. The Balaban J connectivity index is 3.28. The summed E-state index contributed by atoms with van der Waals surface area (Å²) >= 11 is 0. The van der Waals surface area contributed by atoms with Gasteiger partial charge in [0.25, 0.3) is 0 Å². The van der Waals surface area contributed by atoms with Crippen LogP contribution in [0.5, 0.6) is 0 Å². The number of carbonyl (C=O) groups is 3. The number of halogens is 1. The SMILES string of the molecule is CCN(CCN(C(=O)OC(C)(C)C)c1cc(F)ccc1C(=O)OC)C(=O)OC(C)(C)C. The fraction of sp³-hybridized carbons (Fsp3) is 0.591. The number of hydrogen-bond acceptors (Lipinski definition) is 6. The third kappa shape index (κ3) is 8.43. The Morgan fingerprint density at radius 3 is 1.97 bits per heavy atom. The maximum Gasteiger partial charge on any atom is 0.414 e. The van der Waals surface area contributed by atoms with Gasteiger partial charge < -0.3 is 19.1 Å². The maximum absolute atomic E-state index is 14.0. The van der Waals surface area contributed by atoms with Crippen molar-refractivity contribution < 1.29 is 33.0 Å². The number of rotatable bonds is 6. The lowest BCUT2D eigenvalue weighted by molar-refractivity contribution is 0.0257. The summed E-state index contributed by atoms with van der Waals surface area (Å²) in [5, 5.41) is 0. The second-order valence-corrected chi connectivity index (χ2v) is 8.85. The van der Waals surface area contributed by atoms with E-state index in [2.05, 4.69) is 0 Å². The van der Waals surface area contributed by atoms with E-state index in [4.69, 9.17) is 14.2 Å². The van der Waals surface area contributed by atoms with Crippen LogP contribution in [0.1, 0.15) is 58.8 Å². The number of amides is 2. The average molecular weight is 441 g/mol. The van der Waals surface area contributed by atoms with Crippen LogP contribution in [0.25, 0.3) is 0 Å². The van der Waals surface area contributed by atoms with E-state index in [1.54, 1.807) is 48.5 Å². The van der Waals surface area contributed by atoms with Crippen LogP contribution in [0.2, 0.25) is 0 Å². The highest BCUT2D eigenvalue weighted by Gasteiger charge is 2.29. The van der Waals surface area contributed by atoms with Gasteiger partial charge in [-0.2, -0.15) is 0 Å². The highest BCUT2D eigenvalue weighted by Crippen LogP contribution is 2.25. The largest absolute Gasteiger partial charge is 0.465 e. The molecule has 1 rings (SSSR count). The Bertz CT molecular complexity index is 798. The van der Waals surface area contributed by atoms with Gasteiger partial charge in [-0.25, -0.2) is 18.8 Å². The van der Waals surface area contributed by atoms with Crippen molar-refractivity contribution in [2.24, 2.45) is 0 Å². The van der Waals surface area contributed by atoms with Crippen LogP contribution in [0.15, 0.2) is 18.2 Å². The molecule has 0 radical (unpaired) electrons. The van der Waals surface area contributed by atoms with Crippen molar-refractivity contribution in [1.82, 2.24) is 4.90 Å². The van der Waals surface area contributed by atoms with Crippen LogP contribution in [-0.2, 0) is 14.2 Å². The first kappa shape index (κ1) is 26.2. The molecular weight excluding hydrogens is 407 g/mol. The molecule has 0 aliphatic carbocycles. The van der Waals surface area contributed by atoms with E-state index < -0.39 is 35.2 Å². The van der Waals surface area contributed by atoms with Gasteiger partial charge in [-0.1, -0.05) is 0 Å². The molecule has 0 aliphatic heterocycles. The van der Waals surface area contributed by atoms with E-state index in [1.165, 1.54) is 18.1 Å². The smallest absolute Gasteiger partial charge is 0.414 e. The summed E-state index contributed by atoms with van der Waals surface area (Å²) in [4.78, 5) is 40.1. The molecule has 9 heteroatoms. The second-order valence-electron chi connectivity index (χ2n) is 8.85. The summed E-state index contributed by atoms with van der Waals surface area (Å²) in [6.45, 7) is 12.4. The van der Waals surface area contributed by atoms with E-state index in [0.29, 0.717) is 6.54 Å². The molecule has 2 amide bonds. The third-order valence-electron chi connectivity index (χ3n) is 3.90. The fourth-order valence-corrected chi connectivity index (χ4v) is 2.56. The Morgan fingerprint density at radius 1 is 0.935 bits per heavy atom. The van der Waals surface area contributed by atoms with Crippen molar-refractivity contribution in [2.75, 3.05) is 31.6 Å². The van der Waals surface area contributed by atoms with Gasteiger partial charge in [-0.05, 0) is 66.7 Å². The molecule has 1 aromatic rings. The number of benzene rings is 1. The predicted octanol–water partition coefficient (Wildman–Crippen LogP) is 4.61. The van der Waals surface area contributed by atoms with Gasteiger partial charge in [0.15, 0.2) is 0 Å². The Kier molecular flexibility index (Phi) is 8.84. The molecule has 0 atom stereocenters. The summed E-state index contributed by atoms with van der Waals surface area (Å²) in [5.74, 6) is -1.38. The molecule has 31 heavy (non-hydrogen) atoms. The number of carbonyl (C=O) groups excluding carboxylic acids is 3. The zero-order chi connectivity index (χ0) is 24.0.